The maximum absolute atomic E-state index is 13.0. The number of carbonyl (C=O) groups excluding carboxylic acids is 1. The van der Waals surface area contributed by atoms with Crippen molar-refractivity contribution in [2.75, 3.05) is 5.32 Å². The van der Waals surface area contributed by atoms with E-state index in [0.29, 0.717) is 0 Å². The molecule has 1 heterocycles. The molecule has 26 heavy (non-hydrogen) atoms. The monoisotopic (exact) mass is 369 g/mol. The number of hydrogen-bond donors (Lipinski definition) is 1. The molecule has 10 heteroatoms. The summed E-state index contributed by atoms with van der Waals surface area (Å²) in [4.78, 5) is 34.7. The molecule has 0 bridgehead atoms. The highest BCUT2D eigenvalue weighted by atomic mass is 19.4. The number of hydrogen-bond acceptors (Lipinski definition) is 4. The van der Waals surface area contributed by atoms with Crippen molar-refractivity contribution in [3.63, 3.8) is 0 Å². The fraction of sp³-hybridized carbons (Fsp3) is 0.250. The van der Waals surface area contributed by atoms with Gasteiger partial charge in [0.25, 0.3) is 11.2 Å². The molecule has 1 atom stereocenters. The zero-order valence-corrected chi connectivity index (χ0v) is 13.7. The molecule has 1 amide bonds. The fourth-order valence-electron chi connectivity index (χ4n) is 2.51. The quantitative estimate of drug-likeness (QED) is 0.661. The summed E-state index contributed by atoms with van der Waals surface area (Å²) in [6.07, 6.45) is -4.68. The van der Waals surface area contributed by atoms with Gasteiger partial charge < -0.3 is 5.32 Å². The van der Waals surface area contributed by atoms with Gasteiger partial charge in [0.15, 0.2) is 0 Å². The van der Waals surface area contributed by atoms with E-state index in [2.05, 4.69) is 5.32 Å². The Kier molecular flexibility index (Phi) is 5.15. The second-order valence-electron chi connectivity index (χ2n) is 5.48. The van der Waals surface area contributed by atoms with Gasteiger partial charge in [-0.2, -0.15) is 13.2 Å². The molecule has 0 radical (unpaired) electrons. The first kappa shape index (κ1) is 19.2. The van der Waals surface area contributed by atoms with Gasteiger partial charge in [-0.25, -0.2) is 0 Å². The molecular formula is C16H14F3N3O4. The molecule has 1 aromatic carbocycles. The summed E-state index contributed by atoms with van der Waals surface area (Å²) in [5.74, 6) is -0.910. The van der Waals surface area contributed by atoms with Gasteiger partial charge in [-0.3, -0.25) is 24.3 Å². The van der Waals surface area contributed by atoms with Gasteiger partial charge in [-0.05, 0) is 26.0 Å². The molecule has 0 saturated heterocycles. The highest BCUT2D eigenvalue weighted by Gasteiger charge is 2.34. The van der Waals surface area contributed by atoms with Crippen molar-refractivity contribution in [1.82, 2.24) is 4.57 Å². The minimum atomic E-state index is -4.68. The summed E-state index contributed by atoms with van der Waals surface area (Å²) in [6, 6.07) is 5.07. The van der Waals surface area contributed by atoms with Crippen LogP contribution >= 0.6 is 0 Å². The second kappa shape index (κ2) is 6.98. The molecule has 1 N–H and O–H groups in total. The number of amides is 1. The Bertz CT molecular complexity index is 922. The van der Waals surface area contributed by atoms with E-state index in [-0.39, 0.29) is 11.4 Å². The number of nitrogens with zero attached hydrogens (tertiary/aromatic N) is 2. The third kappa shape index (κ3) is 3.73. The molecule has 2 rings (SSSR count). The summed E-state index contributed by atoms with van der Waals surface area (Å²) in [5, 5.41) is 13.1. The molecule has 7 nitrogen and oxygen atoms in total. The Morgan fingerprint density at radius 3 is 2.42 bits per heavy atom. The highest BCUT2D eigenvalue weighted by molar-refractivity contribution is 5.94. The molecule has 0 aliphatic rings. The SMILES string of the molecule is Cc1c([N+](=O)[O-])ccc(=O)n1C(C)C(=O)Nc1ccccc1C(F)(F)F. The van der Waals surface area contributed by atoms with Crippen molar-refractivity contribution in [2.24, 2.45) is 0 Å². The molecular weight excluding hydrogens is 355 g/mol. The van der Waals surface area contributed by atoms with Gasteiger partial charge in [-0.1, -0.05) is 12.1 Å². The van der Waals surface area contributed by atoms with Gasteiger partial charge >= 0.3 is 6.18 Å². The van der Waals surface area contributed by atoms with E-state index in [1.807, 2.05) is 0 Å². The average Bonchev–Trinajstić information content (AvgIpc) is 2.53. The fourth-order valence-corrected chi connectivity index (χ4v) is 2.51. The van der Waals surface area contributed by atoms with Crippen LogP contribution in [0.1, 0.15) is 24.2 Å². The third-order valence-corrected chi connectivity index (χ3v) is 3.81. The van der Waals surface area contributed by atoms with Crippen LogP contribution in [0.5, 0.6) is 0 Å². The molecule has 0 fully saturated rings. The van der Waals surface area contributed by atoms with Crippen molar-refractivity contribution in [2.45, 2.75) is 26.1 Å². The number of carbonyl (C=O) groups is 1. The first-order valence-corrected chi connectivity index (χ1v) is 7.37. The highest BCUT2D eigenvalue weighted by Crippen LogP contribution is 2.34. The number of rotatable bonds is 4. The lowest BCUT2D eigenvalue weighted by Gasteiger charge is -2.19. The minimum absolute atomic E-state index is 0.0748. The van der Waals surface area contributed by atoms with Crippen molar-refractivity contribution < 1.29 is 22.9 Å². The predicted octanol–water partition coefficient (Wildman–Crippen LogP) is 3.28. The standard InChI is InChI=1S/C16H14F3N3O4/c1-9-13(22(25)26)7-8-14(23)21(9)10(2)15(24)20-12-6-4-3-5-11(12)16(17,18)19/h3-8,10H,1-2H3,(H,20,24). The molecule has 1 unspecified atom stereocenters. The summed E-state index contributed by atoms with van der Waals surface area (Å²) >= 11 is 0. The number of anilines is 1. The Morgan fingerprint density at radius 2 is 1.85 bits per heavy atom. The van der Waals surface area contributed by atoms with Crippen LogP contribution in [0.3, 0.4) is 0 Å². The van der Waals surface area contributed by atoms with Gasteiger partial charge in [0.2, 0.25) is 5.91 Å². The Balaban J connectivity index is 2.40. The van der Waals surface area contributed by atoms with Gasteiger partial charge in [-0.15, -0.1) is 0 Å². The van der Waals surface area contributed by atoms with E-state index in [0.717, 1.165) is 28.8 Å². The van der Waals surface area contributed by atoms with Crippen LogP contribution < -0.4 is 10.9 Å². The predicted molar refractivity (Wildman–Crippen MR) is 86.9 cm³/mol. The number of nitro groups is 1. The number of aromatic nitrogens is 1. The van der Waals surface area contributed by atoms with Crippen molar-refractivity contribution in [1.29, 1.82) is 0 Å². The first-order valence-electron chi connectivity index (χ1n) is 7.37. The largest absolute Gasteiger partial charge is 0.418 e. The van der Waals surface area contributed by atoms with Crippen LogP contribution in [0.2, 0.25) is 0 Å². The van der Waals surface area contributed by atoms with Crippen LogP contribution in [-0.4, -0.2) is 15.4 Å². The maximum Gasteiger partial charge on any atom is 0.418 e. The zero-order chi connectivity index (χ0) is 19.6. The third-order valence-electron chi connectivity index (χ3n) is 3.81. The zero-order valence-electron chi connectivity index (χ0n) is 13.7. The van der Waals surface area contributed by atoms with E-state index >= 15 is 0 Å². The van der Waals surface area contributed by atoms with Crippen molar-refractivity contribution in [3.05, 3.63) is 68.1 Å². The maximum atomic E-state index is 13.0. The number of halogens is 3. The normalized spacial score (nSPS) is 12.5. The smallest absolute Gasteiger partial charge is 0.324 e. The van der Waals surface area contributed by atoms with Gasteiger partial charge in [0.05, 0.1) is 21.9 Å². The number of benzene rings is 1. The van der Waals surface area contributed by atoms with Crippen LogP contribution in [0.4, 0.5) is 24.5 Å². The van der Waals surface area contributed by atoms with Crippen molar-refractivity contribution >= 4 is 17.3 Å². The van der Waals surface area contributed by atoms with E-state index < -0.39 is 39.9 Å². The summed E-state index contributed by atoms with van der Waals surface area (Å²) in [6.45, 7) is 2.55. The van der Waals surface area contributed by atoms with Gasteiger partial charge in [0.1, 0.15) is 6.04 Å². The number of pyridine rings is 1. The number of alkyl halides is 3. The number of para-hydroxylation sites is 1. The lowest BCUT2D eigenvalue weighted by atomic mass is 10.1. The molecule has 0 spiro atoms. The van der Waals surface area contributed by atoms with Gasteiger partial charge in [0, 0.05) is 12.1 Å². The van der Waals surface area contributed by atoms with E-state index in [9.17, 15) is 32.9 Å². The topological polar surface area (TPSA) is 94.2 Å². The average molecular weight is 369 g/mol. The Morgan fingerprint density at radius 1 is 1.23 bits per heavy atom. The lowest BCUT2D eigenvalue weighted by molar-refractivity contribution is -0.386. The summed E-state index contributed by atoms with van der Waals surface area (Å²) in [7, 11) is 0. The second-order valence-corrected chi connectivity index (χ2v) is 5.48. The Hall–Kier alpha value is -3.17. The molecule has 0 saturated carbocycles. The van der Waals surface area contributed by atoms with Crippen LogP contribution in [0.15, 0.2) is 41.2 Å². The minimum Gasteiger partial charge on any atom is -0.324 e. The van der Waals surface area contributed by atoms with E-state index in [1.54, 1.807) is 0 Å². The van der Waals surface area contributed by atoms with Crippen LogP contribution in [0.25, 0.3) is 0 Å². The molecule has 2 aromatic rings. The molecule has 138 valence electrons. The number of nitrogens with one attached hydrogen (secondary N) is 1. The van der Waals surface area contributed by atoms with Crippen LogP contribution in [-0.2, 0) is 11.0 Å². The first-order chi connectivity index (χ1) is 12.0. The van der Waals surface area contributed by atoms with E-state index in [1.165, 1.54) is 26.0 Å². The summed E-state index contributed by atoms with van der Waals surface area (Å²) < 4.78 is 39.9. The van der Waals surface area contributed by atoms with Crippen LogP contribution in [0, 0.1) is 17.0 Å². The summed E-state index contributed by atoms with van der Waals surface area (Å²) in [5.41, 5.74) is -2.63. The Labute approximate surface area is 145 Å². The van der Waals surface area contributed by atoms with E-state index in [4.69, 9.17) is 0 Å². The molecule has 1 aromatic heterocycles. The molecule has 0 aliphatic carbocycles. The lowest BCUT2D eigenvalue weighted by Crippen LogP contribution is -2.33. The molecule has 0 aliphatic heterocycles. The van der Waals surface area contributed by atoms with Crippen molar-refractivity contribution in [3.8, 4) is 0 Å².